The molecule has 34 heavy (non-hydrogen) atoms. The molecule has 2 saturated heterocycles. The molecule has 0 saturated carbocycles. The number of hydrogen-bond donors (Lipinski definition) is 1. The van der Waals surface area contributed by atoms with Crippen LogP contribution < -0.4 is 4.74 Å². The van der Waals surface area contributed by atoms with Crippen LogP contribution in [0.25, 0.3) is 5.76 Å². The van der Waals surface area contributed by atoms with Crippen molar-refractivity contribution < 1.29 is 19.4 Å². The number of ketones is 1. The standard InChI is InChI=1S/C26H32N4O4/c1-5-16-34-20-10-8-19(9-11-20)23-22(24(31)21-17(2)27-28(4)18(21)3)25(32)26(33)30(23)15-14-29-12-6-7-13-29/h5,8-11,23,31H,1,6-7,12-16H2,2-4H3/b24-22+. The topological polar surface area (TPSA) is 87.9 Å². The summed E-state index contributed by atoms with van der Waals surface area (Å²) in [6.45, 7) is 10.8. The van der Waals surface area contributed by atoms with Gasteiger partial charge < -0.3 is 19.6 Å². The quantitative estimate of drug-likeness (QED) is 0.280. The molecule has 2 aliphatic rings. The Bertz CT molecular complexity index is 1130. The van der Waals surface area contributed by atoms with Crippen molar-refractivity contribution in [3.05, 3.63) is 65.0 Å². The van der Waals surface area contributed by atoms with Gasteiger partial charge in [0.1, 0.15) is 18.1 Å². The monoisotopic (exact) mass is 464 g/mol. The second-order valence-corrected chi connectivity index (χ2v) is 8.88. The molecular formula is C26H32N4O4. The average Bonchev–Trinajstić information content (AvgIpc) is 3.50. The molecule has 2 fully saturated rings. The first-order chi connectivity index (χ1) is 16.3. The molecule has 180 valence electrons. The van der Waals surface area contributed by atoms with Gasteiger partial charge in [-0.3, -0.25) is 14.3 Å². The van der Waals surface area contributed by atoms with E-state index in [4.69, 9.17) is 4.74 Å². The van der Waals surface area contributed by atoms with Crippen molar-refractivity contribution in [2.24, 2.45) is 7.05 Å². The van der Waals surface area contributed by atoms with Crippen molar-refractivity contribution in [2.45, 2.75) is 32.7 Å². The first-order valence-electron chi connectivity index (χ1n) is 11.7. The van der Waals surface area contributed by atoms with Gasteiger partial charge >= 0.3 is 0 Å². The number of ether oxygens (including phenoxy) is 1. The van der Waals surface area contributed by atoms with Crippen molar-refractivity contribution >= 4 is 17.4 Å². The zero-order valence-electron chi connectivity index (χ0n) is 20.1. The summed E-state index contributed by atoms with van der Waals surface area (Å²) in [5, 5.41) is 15.7. The Morgan fingerprint density at radius 1 is 1.18 bits per heavy atom. The zero-order valence-corrected chi connectivity index (χ0v) is 20.1. The molecule has 4 rings (SSSR count). The van der Waals surface area contributed by atoms with Crippen LogP contribution in [0.3, 0.4) is 0 Å². The molecule has 2 aliphatic heterocycles. The summed E-state index contributed by atoms with van der Waals surface area (Å²) >= 11 is 0. The number of aliphatic hydroxyl groups is 1. The van der Waals surface area contributed by atoms with Gasteiger partial charge in [0.2, 0.25) is 0 Å². The van der Waals surface area contributed by atoms with Gasteiger partial charge in [0.05, 0.1) is 22.9 Å². The number of carbonyl (C=O) groups excluding carboxylic acids is 2. The van der Waals surface area contributed by atoms with E-state index in [9.17, 15) is 14.7 Å². The molecule has 0 radical (unpaired) electrons. The molecule has 1 aromatic heterocycles. The number of Topliss-reactive ketones (excluding diaryl/α,β-unsaturated/α-hetero) is 1. The maximum absolute atomic E-state index is 13.3. The number of hydrogen-bond acceptors (Lipinski definition) is 6. The van der Waals surface area contributed by atoms with Crippen LogP contribution in [0.15, 0.2) is 42.5 Å². The van der Waals surface area contributed by atoms with Crippen molar-refractivity contribution in [3.63, 3.8) is 0 Å². The van der Waals surface area contributed by atoms with Crippen molar-refractivity contribution in [1.29, 1.82) is 0 Å². The molecule has 1 amide bonds. The Hall–Kier alpha value is -3.39. The van der Waals surface area contributed by atoms with Crippen LogP contribution >= 0.6 is 0 Å². The number of aliphatic hydroxyl groups excluding tert-OH is 1. The minimum atomic E-state index is -0.685. The van der Waals surface area contributed by atoms with Gasteiger partial charge in [-0.25, -0.2) is 0 Å². The van der Waals surface area contributed by atoms with Crippen LogP contribution in [0, 0.1) is 13.8 Å². The predicted molar refractivity (Wildman–Crippen MR) is 129 cm³/mol. The molecule has 1 atom stereocenters. The number of rotatable bonds is 8. The molecule has 1 unspecified atom stereocenters. The summed E-state index contributed by atoms with van der Waals surface area (Å²) in [5.41, 5.74) is 2.67. The largest absolute Gasteiger partial charge is 0.507 e. The fourth-order valence-corrected chi connectivity index (χ4v) is 4.87. The molecule has 8 heteroatoms. The molecule has 0 bridgehead atoms. The highest BCUT2D eigenvalue weighted by atomic mass is 16.5. The van der Waals surface area contributed by atoms with E-state index in [0.717, 1.165) is 37.2 Å². The van der Waals surface area contributed by atoms with Crippen LogP contribution in [0.5, 0.6) is 5.75 Å². The van der Waals surface area contributed by atoms with E-state index in [1.165, 1.54) is 0 Å². The van der Waals surface area contributed by atoms with E-state index >= 15 is 0 Å². The summed E-state index contributed by atoms with van der Waals surface area (Å²) in [6, 6.07) is 6.61. The predicted octanol–water partition coefficient (Wildman–Crippen LogP) is 3.12. The summed E-state index contributed by atoms with van der Waals surface area (Å²) < 4.78 is 7.25. The van der Waals surface area contributed by atoms with Crippen LogP contribution in [0.2, 0.25) is 0 Å². The minimum Gasteiger partial charge on any atom is -0.507 e. The molecular weight excluding hydrogens is 432 g/mol. The first kappa shape index (κ1) is 23.8. The summed E-state index contributed by atoms with van der Waals surface area (Å²) in [5.74, 6) is -0.769. The van der Waals surface area contributed by atoms with Crippen molar-refractivity contribution in [1.82, 2.24) is 19.6 Å². The number of carbonyl (C=O) groups is 2. The van der Waals surface area contributed by atoms with E-state index in [2.05, 4.69) is 16.6 Å². The second-order valence-electron chi connectivity index (χ2n) is 8.88. The molecule has 1 aromatic carbocycles. The van der Waals surface area contributed by atoms with Gasteiger partial charge in [-0.15, -0.1) is 0 Å². The van der Waals surface area contributed by atoms with Gasteiger partial charge in [0.25, 0.3) is 11.7 Å². The lowest BCUT2D eigenvalue weighted by molar-refractivity contribution is -0.140. The Balaban J connectivity index is 1.77. The third-order valence-electron chi connectivity index (χ3n) is 6.71. The fraction of sp³-hybridized carbons (Fsp3) is 0.423. The molecule has 1 N–H and O–H groups in total. The zero-order chi connectivity index (χ0) is 24.4. The van der Waals surface area contributed by atoms with Gasteiger partial charge in [-0.05, 0) is 57.5 Å². The third kappa shape index (κ3) is 4.37. The minimum absolute atomic E-state index is 0.102. The smallest absolute Gasteiger partial charge is 0.295 e. The lowest BCUT2D eigenvalue weighted by Gasteiger charge is -2.27. The number of amides is 1. The SMILES string of the molecule is C=CCOc1ccc(C2/C(=C(\O)c3c(C)nn(C)c3C)C(=O)C(=O)N2CCN2CCCC2)cc1. The van der Waals surface area contributed by atoms with Gasteiger partial charge in [-0.1, -0.05) is 24.8 Å². The maximum Gasteiger partial charge on any atom is 0.295 e. The summed E-state index contributed by atoms with van der Waals surface area (Å²) in [7, 11) is 1.78. The second kappa shape index (κ2) is 9.85. The summed E-state index contributed by atoms with van der Waals surface area (Å²) in [4.78, 5) is 30.3. The normalized spacial score (nSPS) is 20.3. The van der Waals surface area contributed by atoms with E-state index in [1.807, 2.05) is 19.1 Å². The number of nitrogens with zero attached hydrogens (tertiary/aromatic N) is 4. The highest BCUT2D eigenvalue weighted by molar-refractivity contribution is 6.46. The summed E-state index contributed by atoms with van der Waals surface area (Å²) in [6.07, 6.45) is 3.96. The Morgan fingerprint density at radius 2 is 1.85 bits per heavy atom. The van der Waals surface area contributed by atoms with E-state index in [1.54, 1.807) is 41.8 Å². The van der Waals surface area contributed by atoms with Gasteiger partial charge in [0, 0.05) is 25.8 Å². The van der Waals surface area contributed by atoms with Crippen LogP contribution in [0.4, 0.5) is 0 Å². The van der Waals surface area contributed by atoms with Crippen LogP contribution in [-0.2, 0) is 16.6 Å². The lowest BCUT2D eigenvalue weighted by atomic mass is 9.94. The highest BCUT2D eigenvalue weighted by Gasteiger charge is 2.46. The highest BCUT2D eigenvalue weighted by Crippen LogP contribution is 2.40. The maximum atomic E-state index is 13.3. The van der Waals surface area contributed by atoms with Crippen molar-refractivity contribution in [2.75, 3.05) is 32.8 Å². The van der Waals surface area contributed by atoms with E-state index < -0.39 is 17.7 Å². The Kier molecular flexibility index (Phi) is 6.88. The Morgan fingerprint density at radius 3 is 2.44 bits per heavy atom. The number of benzene rings is 1. The molecule has 8 nitrogen and oxygen atoms in total. The van der Waals surface area contributed by atoms with Gasteiger partial charge in [-0.2, -0.15) is 5.10 Å². The first-order valence-corrected chi connectivity index (χ1v) is 11.7. The molecule has 3 heterocycles. The van der Waals surface area contributed by atoms with Crippen LogP contribution in [-0.4, -0.2) is 69.2 Å². The third-order valence-corrected chi connectivity index (χ3v) is 6.71. The van der Waals surface area contributed by atoms with Gasteiger partial charge in [0.15, 0.2) is 0 Å². The van der Waals surface area contributed by atoms with Crippen LogP contribution in [0.1, 0.15) is 41.4 Å². The lowest BCUT2D eigenvalue weighted by Crippen LogP contribution is -2.37. The van der Waals surface area contributed by atoms with E-state index in [0.29, 0.717) is 36.7 Å². The molecule has 2 aromatic rings. The average molecular weight is 465 g/mol. The number of likely N-dealkylation sites (tertiary alicyclic amines) is 2. The van der Waals surface area contributed by atoms with E-state index in [-0.39, 0.29) is 11.3 Å². The Labute approximate surface area is 200 Å². The van der Waals surface area contributed by atoms with Crippen molar-refractivity contribution in [3.8, 4) is 5.75 Å². The fourth-order valence-electron chi connectivity index (χ4n) is 4.87. The molecule has 0 aliphatic carbocycles. The number of aryl methyl sites for hydroxylation is 2. The molecule has 0 spiro atoms. The number of aromatic nitrogens is 2.